The molecule has 0 radical (unpaired) electrons. The van der Waals surface area contributed by atoms with Gasteiger partial charge in [0.15, 0.2) is 0 Å². The molecule has 0 atom stereocenters. The number of hydrogen-bond acceptors (Lipinski definition) is 4. The van der Waals surface area contributed by atoms with Crippen molar-refractivity contribution in [2.45, 2.75) is 25.8 Å². The third-order valence-electron chi connectivity index (χ3n) is 3.52. The van der Waals surface area contributed by atoms with Gasteiger partial charge < -0.3 is 4.90 Å². The van der Waals surface area contributed by atoms with Crippen molar-refractivity contribution in [2.24, 2.45) is 0 Å². The van der Waals surface area contributed by atoms with Crippen LogP contribution >= 0.6 is 11.6 Å². The lowest BCUT2D eigenvalue weighted by atomic mass is 10.1. The average Bonchev–Trinajstić information content (AvgIpc) is 2.97. The highest BCUT2D eigenvalue weighted by molar-refractivity contribution is 6.30. The van der Waals surface area contributed by atoms with Crippen molar-refractivity contribution in [3.8, 4) is 11.4 Å². The van der Waals surface area contributed by atoms with Gasteiger partial charge in [-0.05, 0) is 36.6 Å². The average molecular weight is 306 g/mol. The minimum absolute atomic E-state index is 0.0461. The molecule has 3 rings (SSSR count). The van der Waals surface area contributed by atoms with Crippen LogP contribution in [0, 0.1) is 0 Å². The summed E-state index contributed by atoms with van der Waals surface area (Å²) in [6, 6.07) is 7.25. The summed E-state index contributed by atoms with van der Waals surface area (Å²) in [6.07, 6.45) is 3.35. The molecule has 1 saturated heterocycles. The number of likely N-dealkylation sites (tertiary alicyclic amines) is 1. The van der Waals surface area contributed by atoms with E-state index < -0.39 is 0 Å². The normalized spacial score (nSPS) is 15.2. The first-order valence-corrected chi connectivity index (χ1v) is 7.42. The van der Waals surface area contributed by atoms with Crippen molar-refractivity contribution in [1.82, 2.24) is 25.1 Å². The summed E-state index contributed by atoms with van der Waals surface area (Å²) in [5, 5.41) is 12.8. The Balaban J connectivity index is 1.69. The molecule has 1 fully saturated rings. The lowest BCUT2D eigenvalue weighted by Gasteiger charge is -2.26. The smallest absolute Gasteiger partial charge is 0.246 e. The van der Waals surface area contributed by atoms with Crippen LogP contribution in [0.2, 0.25) is 5.02 Å². The highest BCUT2D eigenvalue weighted by Crippen LogP contribution is 2.18. The fraction of sp³-hybridized carbons (Fsp3) is 0.429. The Morgan fingerprint density at radius 2 is 2.05 bits per heavy atom. The van der Waals surface area contributed by atoms with E-state index in [1.165, 1.54) is 11.2 Å². The van der Waals surface area contributed by atoms with Crippen molar-refractivity contribution in [2.75, 3.05) is 13.1 Å². The maximum Gasteiger partial charge on any atom is 0.246 e. The molecule has 0 bridgehead atoms. The Morgan fingerprint density at radius 3 is 2.81 bits per heavy atom. The summed E-state index contributed by atoms with van der Waals surface area (Å²) in [5.41, 5.74) is 0.791. The van der Waals surface area contributed by atoms with E-state index in [1.54, 1.807) is 12.1 Å². The van der Waals surface area contributed by atoms with E-state index in [1.807, 2.05) is 17.0 Å². The van der Waals surface area contributed by atoms with Crippen LogP contribution < -0.4 is 0 Å². The van der Waals surface area contributed by atoms with Crippen LogP contribution in [0.4, 0.5) is 0 Å². The maximum absolute atomic E-state index is 12.1. The maximum atomic E-state index is 12.1. The number of carbonyl (C=O) groups excluding carboxylic acids is 1. The van der Waals surface area contributed by atoms with Gasteiger partial charge in [-0.15, -0.1) is 10.2 Å². The fourth-order valence-corrected chi connectivity index (χ4v) is 2.61. The molecule has 110 valence electrons. The molecule has 0 spiro atoms. The number of amides is 1. The van der Waals surface area contributed by atoms with E-state index in [9.17, 15) is 4.79 Å². The molecule has 7 heteroatoms. The molecule has 6 nitrogen and oxygen atoms in total. The third-order valence-corrected chi connectivity index (χ3v) is 3.76. The Labute approximate surface area is 127 Å². The molecule has 0 saturated carbocycles. The number of piperidine rings is 1. The Hall–Kier alpha value is -1.95. The zero-order valence-electron chi connectivity index (χ0n) is 11.6. The van der Waals surface area contributed by atoms with Crippen LogP contribution in [0.3, 0.4) is 0 Å². The minimum atomic E-state index is 0.0461. The number of rotatable bonds is 3. The van der Waals surface area contributed by atoms with Gasteiger partial charge in [-0.1, -0.05) is 23.7 Å². The molecule has 21 heavy (non-hydrogen) atoms. The van der Waals surface area contributed by atoms with Gasteiger partial charge in [0.05, 0.1) is 0 Å². The van der Waals surface area contributed by atoms with Gasteiger partial charge in [-0.3, -0.25) is 4.79 Å². The number of nitrogens with zero attached hydrogens (tertiary/aromatic N) is 5. The summed E-state index contributed by atoms with van der Waals surface area (Å²) in [7, 11) is 0. The SMILES string of the molecule is O=C(Cn1nnc(-c2cccc(Cl)c2)n1)N1CCCCC1. The summed E-state index contributed by atoms with van der Waals surface area (Å²) in [6.45, 7) is 1.79. The van der Waals surface area contributed by atoms with Crippen molar-refractivity contribution in [3.63, 3.8) is 0 Å². The number of hydrogen-bond donors (Lipinski definition) is 0. The molecular formula is C14H16ClN5O. The van der Waals surface area contributed by atoms with E-state index in [-0.39, 0.29) is 12.5 Å². The lowest BCUT2D eigenvalue weighted by Crippen LogP contribution is -2.38. The molecule has 1 aromatic heterocycles. The monoisotopic (exact) mass is 305 g/mol. The Bertz CT molecular complexity index is 636. The zero-order valence-corrected chi connectivity index (χ0v) is 12.3. The van der Waals surface area contributed by atoms with Gasteiger partial charge in [0.25, 0.3) is 0 Å². The van der Waals surface area contributed by atoms with Crippen LogP contribution in [0.15, 0.2) is 24.3 Å². The van der Waals surface area contributed by atoms with Crippen molar-refractivity contribution in [3.05, 3.63) is 29.3 Å². The Kier molecular flexibility index (Phi) is 4.15. The quantitative estimate of drug-likeness (QED) is 0.870. The largest absolute Gasteiger partial charge is 0.341 e. The standard InChI is InChI=1S/C14H16ClN5O/c15-12-6-4-5-11(9-12)14-16-18-20(17-14)10-13(21)19-7-2-1-3-8-19/h4-6,9H,1-3,7-8,10H2. The molecule has 0 N–H and O–H groups in total. The molecule has 0 unspecified atom stereocenters. The van der Waals surface area contributed by atoms with Crippen molar-refractivity contribution < 1.29 is 4.79 Å². The zero-order chi connectivity index (χ0) is 14.7. The van der Waals surface area contributed by atoms with Crippen LogP contribution in [0.25, 0.3) is 11.4 Å². The molecule has 1 aliphatic rings. The Morgan fingerprint density at radius 1 is 1.24 bits per heavy atom. The third kappa shape index (κ3) is 3.39. The number of aromatic nitrogens is 4. The van der Waals surface area contributed by atoms with E-state index in [0.29, 0.717) is 10.8 Å². The molecule has 2 heterocycles. The van der Waals surface area contributed by atoms with Gasteiger partial charge in [0, 0.05) is 23.7 Å². The predicted molar refractivity (Wildman–Crippen MR) is 78.7 cm³/mol. The second-order valence-corrected chi connectivity index (χ2v) is 5.53. The van der Waals surface area contributed by atoms with Crippen LogP contribution in [-0.4, -0.2) is 44.1 Å². The van der Waals surface area contributed by atoms with E-state index in [2.05, 4.69) is 15.4 Å². The second-order valence-electron chi connectivity index (χ2n) is 5.10. The highest BCUT2D eigenvalue weighted by Gasteiger charge is 2.18. The summed E-state index contributed by atoms with van der Waals surface area (Å²) >= 11 is 5.94. The molecule has 1 aromatic carbocycles. The topological polar surface area (TPSA) is 63.9 Å². The van der Waals surface area contributed by atoms with Crippen LogP contribution in [-0.2, 0) is 11.3 Å². The molecule has 2 aromatic rings. The van der Waals surface area contributed by atoms with Gasteiger partial charge >= 0.3 is 0 Å². The molecule has 1 aliphatic heterocycles. The van der Waals surface area contributed by atoms with Crippen LogP contribution in [0.1, 0.15) is 19.3 Å². The first-order valence-electron chi connectivity index (χ1n) is 7.04. The van der Waals surface area contributed by atoms with Gasteiger partial charge in [0.2, 0.25) is 11.7 Å². The molecule has 1 amide bonds. The van der Waals surface area contributed by atoms with Gasteiger partial charge in [-0.2, -0.15) is 4.80 Å². The molecule has 0 aliphatic carbocycles. The van der Waals surface area contributed by atoms with E-state index in [4.69, 9.17) is 11.6 Å². The van der Waals surface area contributed by atoms with E-state index in [0.717, 1.165) is 31.5 Å². The van der Waals surface area contributed by atoms with Crippen LogP contribution in [0.5, 0.6) is 0 Å². The number of tetrazole rings is 1. The first-order chi connectivity index (χ1) is 10.2. The predicted octanol–water partition coefficient (Wildman–Crippen LogP) is 2.01. The molecular weight excluding hydrogens is 290 g/mol. The van der Waals surface area contributed by atoms with Gasteiger partial charge in [-0.25, -0.2) is 0 Å². The fourth-order valence-electron chi connectivity index (χ4n) is 2.42. The summed E-state index contributed by atoms with van der Waals surface area (Å²) < 4.78 is 0. The van der Waals surface area contributed by atoms with Crippen molar-refractivity contribution in [1.29, 1.82) is 0 Å². The number of benzene rings is 1. The van der Waals surface area contributed by atoms with Crippen molar-refractivity contribution >= 4 is 17.5 Å². The highest BCUT2D eigenvalue weighted by atomic mass is 35.5. The summed E-state index contributed by atoms with van der Waals surface area (Å²) in [4.78, 5) is 15.4. The van der Waals surface area contributed by atoms with E-state index >= 15 is 0 Å². The number of carbonyl (C=O) groups is 1. The van der Waals surface area contributed by atoms with Gasteiger partial charge in [0.1, 0.15) is 6.54 Å². The lowest BCUT2D eigenvalue weighted by molar-refractivity contribution is -0.133. The second kappa shape index (κ2) is 6.22. The minimum Gasteiger partial charge on any atom is -0.341 e. The first kappa shape index (κ1) is 14.0. The summed E-state index contributed by atoms with van der Waals surface area (Å²) in [5.74, 6) is 0.522. The number of halogens is 1.